The Morgan fingerprint density at radius 1 is 0.667 bits per heavy atom. The lowest BCUT2D eigenvalue weighted by Gasteiger charge is -2.29. The van der Waals surface area contributed by atoms with E-state index in [1.54, 1.807) is 14.0 Å². The molecule has 2 aliphatic rings. The van der Waals surface area contributed by atoms with Crippen molar-refractivity contribution in [3.05, 3.63) is 83.4 Å². The Morgan fingerprint density at radius 3 is 1.46 bits per heavy atom. The van der Waals surface area contributed by atoms with E-state index in [1.165, 1.54) is 18.3 Å². The summed E-state index contributed by atoms with van der Waals surface area (Å²) in [5, 5.41) is 14.3. The molecule has 69 heavy (non-hydrogen) atoms. The Hall–Kier alpha value is -5.15. The Balaban J connectivity index is 0.000000416. The highest BCUT2D eigenvalue weighted by atomic mass is 35.7. The number of carbonyl (C=O) groups excluding carboxylic acids is 4. The first-order valence-corrected chi connectivity index (χ1v) is 26.4. The highest BCUT2D eigenvalue weighted by molar-refractivity contribution is 8.13. The van der Waals surface area contributed by atoms with Gasteiger partial charge < -0.3 is 35.7 Å². The summed E-state index contributed by atoms with van der Waals surface area (Å²) in [5.74, 6) is 0.0481. The second-order valence-electron chi connectivity index (χ2n) is 18.2. The number of hydrogen-bond acceptors (Lipinski definition) is 11. The zero-order chi connectivity index (χ0) is 49.9. The molecule has 0 spiro atoms. The number of sulfonamides is 1. The van der Waals surface area contributed by atoms with Crippen LogP contribution in [0.15, 0.2) is 60.7 Å². The maximum absolute atomic E-state index is 13.4. The number of aromatic nitrogens is 4. The van der Waals surface area contributed by atoms with Gasteiger partial charge in [0.1, 0.15) is 23.7 Å². The number of rotatable bonds is 11. The number of amides is 4. The Morgan fingerprint density at radius 2 is 1.07 bits per heavy atom. The summed E-state index contributed by atoms with van der Waals surface area (Å²) < 4.78 is 50.3. The summed E-state index contributed by atoms with van der Waals surface area (Å²) >= 11 is 0. The van der Waals surface area contributed by atoms with Crippen molar-refractivity contribution in [3.63, 3.8) is 0 Å². The van der Waals surface area contributed by atoms with Gasteiger partial charge in [-0.1, -0.05) is 124 Å². The molecular weight excluding hydrogens is 944 g/mol. The van der Waals surface area contributed by atoms with E-state index in [0.717, 1.165) is 42.2 Å². The molecule has 2 aromatic heterocycles. The van der Waals surface area contributed by atoms with E-state index >= 15 is 0 Å². The first-order chi connectivity index (χ1) is 31.4. The van der Waals surface area contributed by atoms with Gasteiger partial charge in [0.25, 0.3) is 11.8 Å². The van der Waals surface area contributed by atoms with Crippen LogP contribution in [-0.4, -0.2) is 115 Å². The van der Waals surface area contributed by atoms with Gasteiger partial charge in [0.15, 0.2) is 11.4 Å². The van der Waals surface area contributed by atoms with Gasteiger partial charge in [0.05, 0.1) is 29.4 Å². The van der Waals surface area contributed by atoms with Crippen molar-refractivity contribution >= 4 is 53.4 Å². The van der Waals surface area contributed by atoms with Crippen LogP contribution in [0.25, 0.3) is 22.8 Å². The first kappa shape index (κ1) is 60.0. The number of hydrogen-bond donors (Lipinski definition) is 5. The van der Waals surface area contributed by atoms with Crippen LogP contribution in [0.1, 0.15) is 115 Å². The summed E-state index contributed by atoms with van der Waals surface area (Å²) in [6.45, 7) is 17.7. The lowest BCUT2D eigenvalue weighted by molar-refractivity contribution is -0.125. The van der Waals surface area contributed by atoms with E-state index in [4.69, 9.17) is 4.98 Å². The van der Waals surface area contributed by atoms with E-state index in [1.807, 2.05) is 107 Å². The molecule has 4 aromatic rings. The predicted octanol–water partition coefficient (Wildman–Crippen LogP) is 5.78. The van der Waals surface area contributed by atoms with Crippen molar-refractivity contribution in [1.29, 1.82) is 0 Å². The molecule has 0 aliphatic carbocycles. The second-order valence-corrected chi connectivity index (χ2v) is 23.5. The zero-order valence-electron chi connectivity index (χ0n) is 40.2. The van der Waals surface area contributed by atoms with E-state index < -0.39 is 47.9 Å². The number of halogens is 1. The molecule has 0 unspecified atom stereocenters. The van der Waals surface area contributed by atoms with E-state index in [9.17, 15) is 36.0 Å². The van der Waals surface area contributed by atoms with Gasteiger partial charge in [-0.2, -0.15) is 4.31 Å². The van der Waals surface area contributed by atoms with Gasteiger partial charge in [0.2, 0.25) is 30.9 Å². The van der Waals surface area contributed by atoms with Crippen molar-refractivity contribution < 1.29 is 36.0 Å². The number of fused-ring (bicyclic) bond motifs is 2. The molecule has 2 atom stereocenters. The van der Waals surface area contributed by atoms with Crippen LogP contribution in [0, 0.1) is 10.8 Å². The number of nitrogens with one attached hydrogen (secondary N) is 5. The molecule has 18 nitrogen and oxygen atoms in total. The fraction of sp³-hybridized carbons (Fsp3) is 0.542. The summed E-state index contributed by atoms with van der Waals surface area (Å²) in [6, 6.07) is 17.9. The second kappa shape index (κ2) is 25.6. The molecule has 0 fully saturated rings. The van der Waals surface area contributed by atoms with Gasteiger partial charge in [-0.15, -0.1) is 0 Å². The average molecular weight is 1020 g/mol. The van der Waals surface area contributed by atoms with Crippen LogP contribution in [-0.2, 0) is 54.8 Å². The minimum atomic E-state index is -3.45. The fourth-order valence-electron chi connectivity index (χ4n) is 7.45. The van der Waals surface area contributed by atoms with E-state index in [-0.39, 0.29) is 56.3 Å². The third-order valence-electron chi connectivity index (χ3n) is 11.2. The van der Waals surface area contributed by atoms with Gasteiger partial charge >= 0.3 is 0 Å². The lowest BCUT2D eigenvalue weighted by atomic mass is 9.86. The third-order valence-corrected chi connectivity index (χ3v) is 14.4. The third kappa shape index (κ3) is 15.9. The van der Waals surface area contributed by atoms with Gasteiger partial charge in [-0.3, -0.25) is 19.2 Å². The molecule has 21 heteroatoms. The van der Waals surface area contributed by atoms with E-state index in [2.05, 4.69) is 46.8 Å². The molecule has 0 saturated carbocycles. The molecule has 4 heterocycles. The predicted molar refractivity (Wildman–Crippen MR) is 274 cm³/mol. The Kier molecular flexibility index (Phi) is 22.3. The SMILES string of the molecule is C.C.CCS(=O)(=O)Cl.CCS(=O)(=O)N1CCCn2c(-c3ccccc3)nc(C(=O)N[C@H](C(=O)NC)C(C)(C)C)c2C1.CNC(=O)[C@@H](NC(=O)c1nc(-c2ccccc2)n2c1CNCCC2)C(C)(C)C. The molecule has 384 valence electrons. The van der Waals surface area contributed by atoms with Crippen LogP contribution in [0.3, 0.4) is 0 Å². The smallest absolute Gasteiger partial charge is 0.272 e. The Bertz CT molecular complexity index is 2570. The maximum atomic E-state index is 13.4. The summed E-state index contributed by atoms with van der Waals surface area (Å²) in [7, 11) is 1.15. The summed E-state index contributed by atoms with van der Waals surface area (Å²) in [5.41, 5.74) is 2.77. The van der Waals surface area contributed by atoms with Crippen molar-refractivity contribution in [2.24, 2.45) is 10.8 Å². The van der Waals surface area contributed by atoms with Crippen molar-refractivity contribution in [2.75, 3.05) is 38.7 Å². The lowest BCUT2D eigenvalue weighted by Crippen LogP contribution is -2.53. The normalized spacial score (nSPS) is 14.8. The molecule has 4 amide bonds. The van der Waals surface area contributed by atoms with Crippen molar-refractivity contribution in [2.45, 2.75) is 121 Å². The maximum Gasteiger partial charge on any atom is 0.272 e. The highest BCUT2D eigenvalue weighted by Crippen LogP contribution is 2.29. The largest absolute Gasteiger partial charge is 0.357 e. The molecule has 2 aliphatic heterocycles. The molecule has 6 rings (SSSR count). The number of benzene rings is 2. The molecule has 0 bridgehead atoms. The first-order valence-electron chi connectivity index (χ1n) is 22.3. The minimum Gasteiger partial charge on any atom is -0.357 e. The quantitative estimate of drug-likeness (QED) is 0.113. The van der Waals surface area contributed by atoms with Crippen LogP contribution in [0.4, 0.5) is 0 Å². The van der Waals surface area contributed by atoms with Gasteiger partial charge in [0, 0.05) is 62.1 Å². The number of likely N-dealkylation sites (N-methyl/N-ethyl adjacent to an activating group) is 2. The average Bonchev–Trinajstić information content (AvgIpc) is 3.61. The van der Waals surface area contributed by atoms with Crippen LogP contribution >= 0.6 is 10.7 Å². The number of imidazole rings is 2. The standard InChI is InChI=1S/C23H33N5O4S.C21H29N5O2.C2H5ClO2S.2CH4/c1-6-33(31,32)27-13-10-14-28-17(15-27)18(25-20(28)16-11-8-7-9-12-16)21(29)26-19(22(30)24-5)23(2,3)4;1-21(2,3)17(20(28)22-4)25-19(27)16-15-13-23-11-8-12-26(15)18(24-16)14-9-6-5-7-10-14;1-2-6(3,4)5;;/h7-9,11-12,19H,6,10,13-15H2,1-5H3,(H,24,30)(H,26,29);5-7,9-10,17,23H,8,11-13H2,1-4H3,(H,22,28)(H,25,27);2H2,1H3;2*1H4/t19-;17-;;;/m11.../s1. The Labute approximate surface area is 414 Å². The van der Waals surface area contributed by atoms with Gasteiger partial charge in [-0.05, 0) is 37.1 Å². The highest BCUT2D eigenvalue weighted by Gasteiger charge is 2.37. The van der Waals surface area contributed by atoms with E-state index in [0.29, 0.717) is 43.3 Å². The number of nitrogens with zero attached hydrogens (tertiary/aromatic N) is 5. The van der Waals surface area contributed by atoms with Crippen molar-refractivity contribution in [1.82, 2.24) is 50.0 Å². The van der Waals surface area contributed by atoms with Crippen LogP contribution in [0.5, 0.6) is 0 Å². The molecule has 5 N–H and O–H groups in total. The topological polar surface area (TPSA) is 236 Å². The summed E-state index contributed by atoms with van der Waals surface area (Å²) in [6.07, 6.45) is 1.57. The van der Waals surface area contributed by atoms with Gasteiger partial charge in [-0.25, -0.2) is 26.8 Å². The molecular formula is C48H75ClN10O8S2. The van der Waals surface area contributed by atoms with Crippen LogP contribution in [0.2, 0.25) is 0 Å². The fourth-order valence-corrected chi connectivity index (χ4v) is 8.54. The monoisotopic (exact) mass is 1020 g/mol. The minimum absolute atomic E-state index is 0. The molecule has 0 radical (unpaired) electrons. The zero-order valence-corrected chi connectivity index (χ0v) is 42.6. The van der Waals surface area contributed by atoms with Crippen LogP contribution < -0.4 is 26.6 Å². The van der Waals surface area contributed by atoms with Crippen molar-refractivity contribution in [3.8, 4) is 22.8 Å². The number of carbonyl (C=O) groups is 4. The molecule has 0 saturated heterocycles. The summed E-state index contributed by atoms with van der Waals surface area (Å²) in [4.78, 5) is 60.8. The molecule has 2 aromatic carbocycles.